The van der Waals surface area contributed by atoms with Crippen LogP contribution in [0.1, 0.15) is 16.8 Å². The number of aryl methyl sites for hydroxylation is 1. The van der Waals surface area contributed by atoms with Crippen LogP contribution in [0.3, 0.4) is 0 Å². The van der Waals surface area contributed by atoms with Crippen molar-refractivity contribution in [3.8, 4) is 17.4 Å². The summed E-state index contributed by atoms with van der Waals surface area (Å²) in [5.41, 5.74) is 3.82. The topological polar surface area (TPSA) is 105 Å². The largest absolute Gasteiger partial charge is 0.497 e. The Morgan fingerprint density at radius 3 is 2.63 bits per heavy atom. The Labute approximate surface area is 160 Å². The van der Waals surface area contributed by atoms with Crippen LogP contribution < -0.4 is 14.0 Å². The number of hydrogen-bond donors (Lipinski definition) is 2. The van der Waals surface area contributed by atoms with E-state index < -0.39 is 9.15 Å². The number of fused-ring (bicyclic) bond motifs is 1. The molecule has 0 bridgehead atoms. The number of benzene rings is 1. The molecule has 2 heterocycles. The molecule has 0 spiro atoms. The number of rotatable bonds is 6. The molecule has 0 radical (unpaired) electrons. The first-order valence-electron chi connectivity index (χ1n) is 7.98. The van der Waals surface area contributed by atoms with Gasteiger partial charge in [-0.1, -0.05) is 4.98 Å². The summed E-state index contributed by atoms with van der Waals surface area (Å²) in [4.78, 5) is 7.83. The standard InChI is InChI=1S/C17H19N3O5S2/c1-10-8-20(15(9-26-27(21,22)23)11(2)16(10)25-4)17-18-13-6-5-12(24-3)7-14(13)19-17/h5-8H,9H2,1-4H3,(H-,18,19,21,22,23)/p+1. The summed E-state index contributed by atoms with van der Waals surface area (Å²) < 4.78 is 44.1. The number of aromatic amines is 1. The second-order valence-corrected chi connectivity index (χ2v) is 9.27. The molecule has 27 heavy (non-hydrogen) atoms. The zero-order valence-corrected chi connectivity index (χ0v) is 16.9. The molecule has 10 heteroatoms. The molecule has 3 aromatic rings. The van der Waals surface area contributed by atoms with E-state index in [1.54, 1.807) is 18.8 Å². The van der Waals surface area contributed by atoms with E-state index >= 15 is 0 Å². The van der Waals surface area contributed by atoms with Gasteiger partial charge in [-0.25, -0.2) is 9.55 Å². The average Bonchev–Trinajstić information content (AvgIpc) is 3.02. The highest BCUT2D eigenvalue weighted by atomic mass is 33.1. The fourth-order valence-electron chi connectivity index (χ4n) is 2.96. The highest BCUT2D eigenvalue weighted by Crippen LogP contribution is 2.28. The molecular weight excluding hydrogens is 390 g/mol. The zero-order valence-electron chi connectivity index (χ0n) is 15.3. The van der Waals surface area contributed by atoms with Crippen LogP contribution in [-0.4, -0.2) is 37.2 Å². The van der Waals surface area contributed by atoms with Gasteiger partial charge in [0.2, 0.25) is 0 Å². The number of nitrogens with one attached hydrogen (secondary N) is 1. The Morgan fingerprint density at radius 2 is 2.00 bits per heavy atom. The summed E-state index contributed by atoms with van der Waals surface area (Å²) in [6, 6.07) is 5.50. The Kier molecular flexibility index (Phi) is 5.31. The normalized spacial score (nSPS) is 11.7. The van der Waals surface area contributed by atoms with E-state index in [0.717, 1.165) is 22.2 Å². The summed E-state index contributed by atoms with van der Waals surface area (Å²) in [5, 5.41) is 0. The minimum Gasteiger partial charge on any atom is -0.497 e. The molecule has 0 aliphatic carbocycles. The molecule has 144 valence electrons. The molecule has 8 nitrogen and oxygen atoms in total. The lowest BCUT2D eigenvalue weighted by Gasteiger charge is -2.14. The van der Waals surface area contributed by atoms with E-state index in [9.17, 15) is 8.42 Å². The van der Waals surface area contributed by atoms with Gasteiger partial charge in [0.15, 0.2) is 5.52 Å². The number of hydrogen-bond acceptors (Lipinski definition) is 6. The molecular formula is C17H20N3O5S2+. The molecule has 0 saturated heterocycles. The molecule has 2 aromatic heterocycles. The third kappa shape index (κ3) is 4.02. The van der Waals surface area contributed by atoms with Crippen LogP contribution in [0.25, 0.3) is 17.0 Å². The Morgan fingerprint density at radius 1 is 1.26 bits per heavy atom. The number of imidazole rings is 1. The molecule has 0 amide bonds. The van der Waals surface area contributed by atoms with E-state index in [1.165, 1.54) is 0 Å². The first-order chi connectivity index (χ1) is 12.7. The number of nitrogens with zero attached hydrogens (tertiary/aromatic N) is 2. The van der Waals surface area contributed by atoms with Gasteiger partial charge in [-0.3, -0.25) is 4.55 Å². The Balaban J connectivity index is 2.18. The van der Waals surface area contributed by atoms with E-state index in [0.29, 0.717) is 33.9 Å². The minimum absolute atomic E-state index is 0.0294. The van der Waals surface area contributed by atoms with Crippen molar-refractivity contribution < 1.29 is 27.0 Å². The van der Waals surface area contributed by atoms with Crippen molar-refractivity contribution in [2.45, 2.75) is 19.6 Å². The second-order valence-electron chi connectivity index (χ2n) is 5.92. The minimum atomic E-state index is -4.19. The number of aromatic nitrogens is 3. The van der Waals surface area contributed by atoms with Crippen LogP contribution in [0.4, 0.5) is 0 Å². The molecule has 0 atom stereocenters. The molecule has 0 saturated carbocycles. The Hall–Kier alpha value is -2.30. The summed E-state index contributed by atoms with van der Waals surface area (Å²) >= 11 is 0. The van der Waals surface area contributed by atoms with Crippen molar-refractivity contribution in [1.29, 1.82) is 0 Å². The van der Waals surface area contributed by atoms with Crippen LogP contribution in [0, 0.1) is 13.8 Å². The van der Waals surface area contributed by atoms with E-state index in [2.05, 4.69) is 9.97 Å². The highest BCUT2D eigenvalue weighted by Gasteiger charge is 2.24. The van der Waals surface area contributed by atoms with Crippen LogP contribution >= 0.6 is 10.8 Å². The lowest BCUT2D eigenvalue weighted by Crippen LogP contribution is -2.38. The maximum atomic E-state index is 11.2. The summed E-state index contributed by atoms with van der Waals surface area (Å²) in [7, 11) is -0.599. The number of ether oxygens (including phenoxy) is 2. The van der Waals surface area contributed by atoms with Crippen LogP contribution in [-0.2, 0) is 14.9 Å². The van der Waals surface area contributed by atoms with E-state index in [1.807, 2.05) is 38.2 Å². The third-order valence-electron chi connectivity index (χ3n) is 4.20. The van der Waals surface area contributed by atoms with Gasteiger partial charge in [0.25, 0.3) is 0 Å². The van der Waals surface area contributed by atoms with Crippen molar-refractivity contribution in [3.63, 3.8) is 0 Å². The number of H-pyrrole nitrogens is 1. The second kappa shape index (κ2) is 7.37. The van der Waals surface area contributed by atoms with Gasteiger partial charge in [-0.15, -0.1) is 0 Å². The molecule has 1 aromatic carbocycles. The number of pyridine rings is 1. The monoisotopic (exact) mass is 410 g/mol. The summed E-state index contributed by atoms with van der Waals surface area (Å²) in [5.74, 6) is 1.91. The molecule has 0 fully saturated rings. The van der Waals surface area contributed by atoms with Crippen LogP contribution in [0.2, 0.25) is 0 Å². The highest BCUT2D eigenvalue weighted by molar-refractivity contribution is 8.69. The smallest absolute Gasteiger partial charge is 0.402 e. The lowest BCUT2D eigenvalue weighted by atomic mass is 10.1. The van der Waals surface area contributed by atoms with Crippen LogP contribution in [0.15, 0.2) is 24.4 Å². The predicted molar refractivity (Wildman–Crippen MR) is 103 cm³/mol. The van der Waals surface area contributed by atoms with Crippen molar-refractivity contribution in [1.82, 2.24) is 9.97 Å². The molecule has 0 unspecified atom stereocenters. The molecule has 0 aliphatic heterocycles. The average molecular weight is 410 g/mol. The number of methoxy groups -OCH3 is 2. The van der Waals surface area contributed by atoms with Crippen molar-refractivity contribution in [3.05, 3.63) is 41.2 Å². The van der Waals surface area contributed by atoms with Gasteiger partial charge in [0.1, 0.15) is 22.7 Å². The van der Waals surface area contributed by atoms with Gasteiger partial charge >= 0.3 is 15.1 Å². The summed E-state index contributed by atoms with van der Waals surface area (Å²) in [6.45, 7) is 3.74. The third-order valence-corrected chi connectivity index (χ3v) is 6.14. The molecule has 3 rings (SSSR count). The maximum absolute atomic E-state index is 11.2. The quantitative estimate of drug-likeness (QED) is 0.365. The zero-order chi connectivity index (χ0) is 19.8. The maximum Gasteiger partial charge on any atom is 0.402 e. The van der Waals surface area contributed by atoms with Crippen molar-refractivity contribution >= 4 is 31.0 Å². The summed E-state index contributed by atoms with van der Waals surface area (Å²) in [6.07, 6.45) is 1.82. The van der Waals surface area contributed by atoms with Crippen LogP contribution in [0.5, 0.6) is 11.5 Å². The van der Waals surface area contributed by atoms with Crippen molar-refractivity contribution in [2.24, 2.45) is 0 Å². The fraction of sp³-hybridized carbons (Fsp3) is 0.294. The Bertz CT molecular complexity index is 1110. The SMILES string of the molecule is COc1ccc2[nH]c(-[n+]3cc(C)c(OC)c(C)c3CSS(=O)(=O)O)nc2c1. The van der Waals surface area contributed by atoms with Gasteiger partial charge < -0.3 is 9.47 Å². The predicted octanol–water partition coefficient (Wildman–Crippen LogP) is 2.51. The van der Waals surface area contributed by atoms with Crippen molar-refractivity contribution in [2.75, 3.05) is 14.2 Å². The molecule has 2 N–H and O–H groups in total. The van der Waals surface area contributed by atoms with Gasteiger partial charge in [0, 0.05) is 28.0 Å². The lowest BCUT2D eigenvalue weighted by molar-refractivity contribution is -0.611. The van der Waals surface area contributed by atoms with Gasteiger partial charge in [-0.2, -0.15) is 8.42 Å². The first-order valence-corrected chi connectivity index (χ1v) is 10.9. The van der Waals surface area contributed by atoms with E-state index in [4.69, 9.17) is 14.0 Å². The fourth-order valence-corrected chi connectivity index (χ4v) is 4.36. The first kappa shape index (κ1) is 19.5. The van der Waals surface area contributed by atoms with Gasteiger partial charge in [-0.05, 0) is 26.0 Å². The van der Waals surface area contributed by atoms with E-state index in [-0.39, 0.29) is 5.75 Å². The van der Waals surface area contributed by atoms with Gasteiger partial charge in [0.05, 0.1) is 26.2 Å². The molecule has 0 aliphatic rings.